The number of fused-ring (bicyclic) bond motifs is 1. The molecule has 0 bridgehead atoms. The summed E-state index contributed by atoms with van der Waals surface area (Å²) < 4.78 is 5.16. The topological polar surface area (TPSA) is 38.3 Å². The van der Waals surface area contributed by atoms with Gasteiger partial charge in [0.2, 0.25) is 5.91 Å². The third kappa shape index (κ3) is 1.88. The Morgan fingerprint density at radius 3 is 2.78 bits per heavy atom. The minimum absolute atomic E-state index is 0.0849. The average Bonchev–Trinajstić information content (AvgIpc) is 2.86. The first-order chi connectivity index (χ1) is 8.78. The summed E-state index contributed by atoms with van der Waals surface area (Å²) in [5, 5.41) is 4.93. The molecular weight excluding hydrogens is 246 g/mol. The molecule has 2 aromatic rings. The van der Waals surface area contributed by atoms with Crippen LogP contribution >= 0.6 is 11.3 Å². The van der Waals surface area contributed by atoms with E-state index in [-0.39, 0.29) is 11.8 Å². The lowest BCUT2D eigenvalue weighted by atomic mass is 9.91. The van der Waals surface area contributed by atoms with Gasteiger partial charge in [0.1, 0.15) is 5.75 Å². The molecule has 92 valence electrons. The third-order valence-electron chi connectivity index (χ3n) is 3.19. The van der Waals surface area contributed by atoms with E-state index in [2.05, 4.69) is 5.32 Å². The van der Waals surface area contributed by atoms with Crippen LogP contribution in [0.15, 0.2) is 35.7 Å². The Balaban J connectivity index is 1.99. The first-order valence-electron chi connectivity index (χ1n) is 5.79. The maximum absolute atomic E-state index is 11.7. The molecule has 1 atom stereocenters. The highest BCUT2D eigenvalue weighted by atomic mass is 32.1. The van der Waals surface area contributed by atoms with Gasteiger partial charge >= 0.3 is 0 Å². The zero-order valence-electron chi connectivity index (χ0n) is 9.97. The Morgan fingerprint density at radius 1 is 1.28 bits per heavy atom. The van der Waals surface area contributed by atoms with Gasteiger partial charge in [-0.2, -0.15) is 0 Å². The summed E-state index contributed by atoms with van der Waals surface area (Å²) >= 11 is 1.69. The van der Waals surface area contributed by atoms with Crippen LogP contribution in [0.1, 0.15) is 22.8 Å². The largest absolute Gasteiger partial charge is 0.497 e. The number of thiophene rings is 1. The van der Waals surface area contributed by atoms with E-state index in [0.29, 0.717) is 6.42 Å². The van der Waals surface area contributed by atoms with Crippen LogP contribution in [0, 0.1) is 0 Å². The summed E-state index contributed by atoms with van der Waals surface area (Å²) in [4.78, 5) is 12.9. The summed E-state index contributed by atoms with van der Waals surface area (Å²) in [6.45, 7) is 0. The van der Waals surface area contributed by atoms with Gasteiger partial charge in [-0.15, -0.1) is 11.3 Å². The lowest BCUT2D eigenvalue weighted by molar-refractivity contribution is -0.116. The predicted molar refractivity (Wildman–Crippen MR) is 72.4 cm³/mol. The summed E-state index contributed by atoms with van der Waals surface area (Å²) in [7, 11) is 1.65. The number of carbonyl (C=O) groups is 1. The van der Waals surface area contributed by atoms with E-state index in [9.17, 15) is 4.79 Å². The number of anilines is 1. The van der Waals surface area contributed by atoms with Crippen LogP contribution < -0.4 is 10.1 Å². The maximum atomic E-state index is 11.7. The number of hydrogen-bond acceptors (Lipinski definition) is 3. The molecule has 3 rings (SSSR count). The second kappa shape index (κ2) is 4.46. The van der Waals surface area contributed by atoms with Gasteiger partial charge < -0.3 is 10.1 Å². The number of benzene rings is 1. The summed E-state index contributed by atoms with van der Waals surface area (Å²) in [6, 6.07) is 9.91. The summed E-state index contributed by atoms with van der Waals surface area (Å²) in [5.74, 6) is 1.09. The van der Waals surface area contributed by atoms with Crippen molar-refractivity contribution in [1.82, 2.24) is 0 Å². The fraction of sp³-hybridized carbons (Fsp3) is 0.214. The Labute approximate surface area is 109 Å². The monoisotopic (exact) mass is 259 g/mol. The van der Waals surface area contributed by atoms with Crippen LogP contribution in [0.3, 0.4) is 0 Å². The first-order valence-corrected chi connectivity index (χ1v) is 6.67. The van der Waals surface area contributed by atoms with Crippen molar-refractivity contribution in [2.24, 2.45) is 0 Å². The van der Waals surface area contributed by atoms with Gasteiger partial charge in [-0.25, -0.2) is 0 Å². The highest BCUT2D eigenvalue weighted by Crippen LogP contribution is 2.40. The quantitative estimate of drug-likeness (QED) is 0.899. The van der Waals surface area contributed by atoms with Crippen molar-refractivity contribution in [3.8, 4) is 5.75 Å². The molecule has 0 radical (unpaired) electrons. The van der Waals surface area contributed by atoms with E-state index in [1.165, 1.54) is 4.88 Å². The number of nitrogens with one attached hydrogen (secondary N) is 1. The van der Waals surface area contributed by atoms with Crippen molar-refractivity contribution in [2.75, 3.05) is 12.4 Å². The molecule has 3 nitrogen and oxygen atoms in total. The number of hydrogen-bond donors (Lipinski definition) is 1. The normalized spacial score (nSPS) is 18.1. The fourth-order valence-corrected chi connectivity index (χ4v) is 3.26. The molecule has 18 heavy (non-hydrogen) atoms. The molecule has 1 aromatic heterocycles. The molecular formula is C14H13NO2S. The molecule has 0 fully saturated rings. The molecule has 2 heterocycles. The molecule has 1 amide bonds. The van der Waals surface area contributed by atoms with Crippen molar-refractivity contribution in [2.45, 2.75) is 12.3 Å². The Hall–Kier alpha value is -1.81. The van der Waals surface area contributed by atoms with E-state index in [1.807, 2.05) is 35.7 Å². The fourth-order valence-electron chi connectivity index (χ4n) is 2.28. The van der Waals surface area contributed by atoms with Crippen molar-refractivity contribution >= 4 is 22.9 Å². The van der Waals surface area contributed by atoms with Crippen LogP contribution in [0.4, 0.5) is 5.69 Å². The lowest BCUT2D eigenvalue weighted by Crippen LogP contribution is -2.21. The highest BCUT2D eigenvalue weighted by molar-refractivity contribution is 7.10. The standard InChI is InChI=1S/C14H13NO2S/c1-17-10-4-2-9(3-5-10)11-8-13(16)15-12-6-7-18-14(11)12/h2-7,11H,8H2,1H3,(H,15,16)/t11-/m0/s1. The molecule has 1 aromatic carbocycles. The highest BCUT2D eigenvalue weighted by Gasteiger charge is 2.27. The van der Waals surface area contributed by atoms with E-state index in [4.69, 9.17) is 4.74 Å². The van der Waals surface area contributed by atoms with Crippen LogP contribution in [-0.2, 0) is 4.79 Å². The van der Waals surface area contributed by atoms with Crippen LogP contribution in [0.5, 0.6) is 5.75 Å². The molecule has 1 aliphatic heterocycles. The Kier molecular flexibility index (Phi) is 2.80. The zero-order chi connectivity index (χ0) is 12.5. The predicted octanol–water partition coefficient (Wildman–Crippen LogP) is 3.23. The first kappa shape index (κ1) is 11.3. The van der Waals surface area contributed by atoms with Crippen LogP contribution in [0.25, 0.3) is 0 Å². The van der Waals surface area contributed by atoms with E-state index < -0.39 is 0 Å². The smallest absolute Gasteiger partial charge is 0.225 e. The van der Waals surface area contributed by atoms with Gasteiger partial charge in [-0.05, 0) is 29.1 Å². The average molecular weight is 259 g/mol. The number of amides is 1. The maximum Gasteiger partial charge on any atom is 0.225 e. The van der Waals surface area contributed by atoms with Gasteiger partial charge in [-0.3, -0.25) is 4.79 Å². The van der Waals surface area contributed by atoms with E-state index >= 15 is 0 Å². The van der Waals surface area contributed by atoms with E-state index in [1.54, 1.807) is 18.4 Å². The van der Waals surface area contributed by atoms with Gasteiger partial charge in [0.25, 0.3) is 0 Å². The molecule has 4 heteroatoms. The Bertz CT molecular complexity index is 574. The minimum atomic E-state index is 0.0849. The van der Waals surface area contributed by atoms with Crippen molar-refractivity contribution in [3.05, 3.63) is 46.2 Å². The SMILES string of the molecule is COc1ccc([C@@H]2CC(=O)Nc3ccsc32)cc1. The molecule has 0 spiro atoms. The Morgan fingerprint density at radius 2 is 2.06 bits per heavy atom. The second-order valence-corrected chi connectivity index (χ2v) is 5.22. The van der Waals surface area contributed by atoms with Crippen molar-refractivity contribution in [1.29, 1.82) is 0 Å². The van der Waals surface area contributed by atoms with Gasteiger partial charge in [0.15, 0.2) is 0 Å². The van der Waals surface area contributed by atoms with Crippen molar-refractivity contribution in [3.63, 3.8) is 0 Å². The number of methoxy groups -OCH3 is 1. The van der Waals surface area contributed by atoms with Crippen molar-refractivity contribution < 1.29 is 9.53 Å². The van der Waals surface area contributed by atoms with Gasteiger partial charge in [-0.1, -0.05) is 12.1 Å². The summed E-state index contributed by atoms with van der Waals surface area (Å²) in [5.41, 5.74) is 2.12. The van der Waals surface area contributed by atoms with Gasteiger partial charge in [0.05, 0.1) is 12.8 Å². The van der Waals surface area contributed by atoms with E-state index in [0.717, 1.165) is 17.0 Å². The molecule has 0 aliphatic carbocycles. The van der Waals surface area contributed by atoms with Crippen LogP contribution in [0.2, 0.25) is 0 Å². The van der Waals surface area contributed by atoms with Gasteiger partial charge in [0, 0.05) is 17.2 Å². The number of rotatable bonds is 2. The molecule has 0 saturated carbocycles. The van der Waals surface area contributed by atoms with Crippen LogP contribution in [-0.4, -0.2) is 13.0 Å². The lowest BCUT2D eigenvalue weighted by Gasteiger charge is -2.22. The second-order valence-electron chi connectivity index (χ2n) is 4.28. The number of carbonyl (C=O) groups excluding carboxylic acids is 1. The minimum Gasteiger partial charge on any atom is -0.497 e. The molecule has 1 aliphatic rings. The molecule has 1 N–H and O–H groups in total. The zero-order valence-corrected chi connectivity index (χ0v) is 10.8. The third-order valence-corrected chi connectivity index (χ3v) is 4.22. The number of ether oxygens (including phenoxy) is 1. The molecule has 0 saturated heterocycles. The summed E-state index contributed by atoms with van der Waals surface area (Å²) in [6.07, 6.45) is 0.514. The molecule has 0 unspecified atom stereocenters.